The third-order valence-corrected chi connectivity index (χ3v) is 10.5. The maximum absolute atomic E-state index is 5.01. The number of para-hydroxylation sites is 4. The fourth-order valence-electron chi connectivity index (χ4n) is 8.36. The Balaban J connectivity index is 1.13. The van der Waals surface area contributed by atoms with E-state index in [0.29, 0.717) is 0 Å². The molecule has 0 fully saturated rings. The fraction of sp³-hybridized carbons (Fsp3) is 0. The number of hydrogen-bond acceptors (Lipinski definition) is 1. The molecule has 4 aromatic heterocycles. The lowest BCUT2D eigenvalue weighted by Gasteiger charge is -2.12. The molecule has 0 aliphatic rings. The zero-order valence-electron chi connectivity index (χ0n) is 27.6. The number of benzene rings is 7. The molecule has 0 amide bonds. The fourth-order valence-corrected chi connectivity index (χ4v) is 8.36. The summed E-state index contributed by atoms with van der Waals surface area (Å²) in [6.45, 7) is 0. The van der Waals surface area contributed by atoms with E-state index in [9.17, 15) is 0 Å². The molecular weight excluding hydrogens is 621 g/mol. The van der Waals surface area contributed by atoms with Gasteiger partial charge in [-0.2, -0.15) is 0 Å². The van der Waals surface area contributed by atoms with Crippen LogP contribution in [0.1, 0.15) is 0 Å². The number of hydrogen-bond donors (Lipinski definition) is 0. The van der Waals surface area contributed by atoms with E-state index in [2.05, 4.69) is 190 Å². The van der Waals surface area contributed by atoms with E-state index in [1.54, 1.807) is 0 Å². The van der Waals surface area contributed by atoms with E-state index in [0.717, 1.165) is 39.2 Å². The average molecular weight is 651 g/mol. The molecule has 0 saturated heterocycles. The Kier molecular flexibility index (Phi) is 5.92. The molecule has 4 heterocycles. The molecule has 0 saturated carbocycles. The van der Waals surface area contributed by atoms with Gasteiger partial charge in [0.15, 0.2) is 0 Å². The molecular formula is C47H30N4. The van der Waals surface area contributed by atoms with Gasteiger partial charge in [0.25, 0.3) is 0 Å². The van der Waals surface area contributed by atoms with Gasteiger partial charge in [-0.05, 0) is 90.0 Å². The van der Waals surface area contributed by atoms with E-state index in [1.165, 1.54) is 54.6 Å². The van der Waals surface area contributed by atoms with Gasteiger partial charge in [-0.15, -0.1) is 0 Å². The molecule has 4 nitrogen and oxygen atoms in total. The molecule has 0 bridgehead atoms. The Bertz CT molecular complexity index is 3090. The number of pyridine rings is 1. The lowest BCUT2D eigenvalue weighted by atomic mass is 10.0. The van der Waals surface area contributed by atoms with Gasteiger partial charge < -0.3 is 9.13 Å². The Morgan fingerprint density at radius 1 is 0.314 bits per heavy atom. The molecule has 11 rings (SSSR count). The molecule has 0 radical (unpaired) electrons. The van der Waals surface area contributed by atoms with Gasteiger partial charge in [0.05, 0.1) is 27.6 Å². The molecule has 11 aromatic rings. The van der Waals surface area contributed by atoms with Gasteiger partial charge in [0, 0.05) is 55.6 Å². The predicted molar refractivity (Wildman–Crippen MR) is 213 cm³/mol. The molecule has 0 spiro atoms. The first-order valence-corrected chi connectivity index (χ1v) is 17.4. The molecule has 7 aromatic carbocycles. The van der Waals surface area contributed by atoms with Crippen LogP contribution in [0.2, 0.25) is 0 Å². The van der Waals surface area contributed by atoms with Crippen molar-refractivity contribution in [1.82, 2.24) is 18.7 Å². The summed E-state index contributed by atoms with van der Waals surface area (Å²) in [5, 5.41) is 7.38. The summed E-state index contributed by atoms with van der Waals surface area (Å²) < 4.78 is 7.10. The molecule has 0 aliphatic carbocycles. The maximum atomic E-state index is 5.01. The van der Waals surface area contributed by atoms with Crippen LogP contribution in [0.15, 0.2) is 182 Å². The second-order valence-corrected chi connectivity index (χ2v) is 13.2. The van der Waals surface area contributed by atoms with Gasteiger partial charge in [-0.25, -0.2) is 4.98 Å². The van der Waals surface area contributed by atoms with E-state index < -0.39 is 0 Å². The van der Waals surface area contributed by atoms with Gasteiger partial charge in [0.1, 0.15) is 5.65 Å². The zero-order chi connectivity index (χ0) is 33.5. The number of rotatable bonds is 4. The molecule has 238 valence electrons. The maximum Gasteiger partial charge on any atom is 0.145 e. The first-order valence-electron chi connectivity index (χ1n) is 17.4. The molecule has 4 heteroatoms. The third-order valence-electron chi connectivity index (χ3n) is 10.5. The quantitative estimate of drug-likeness (QED) is 0.186. The summed E-state index contributed by atoms with van der Waals surface area (Å²) in [4.78, 5) is 5.01. The predicted octanol–water partition coefficient (Wildman–Crippen LogP) is 12.0. The molecule has 0 aliphatic heterocycles. The summed E-state index contributed by atoms with van der Waals surface area (Å²) in [6, 6.07) is 63.3. The van der Waals surface area contributed by atoms with Crippen LogP contribution in [0, 0.1) is 0 Å². The largest absolute Gasteiger partial charge is 0.309 e. The van der Waals surface area contributed by atoms with Crippen LogP contribution in [0.5, 0.6) is 0 Å². The van der Waals surface area contributed by atoms with Crippen LogP contribution in [-0.2, 0) is 0 Å². The lowest BCUT2D eigenvalue weighted by Crippen LogP contribution is -1.97. The highest BCUT2D eigenvalue weighted by Gasteiger charge is 2.21. The highest BCUT2D eigenvalue weighted by atomic mass is 15.1. The van der Waals surface area contributed by atoms with Gasteiger partial charge in [-0.3, -0.25) is 4.57 Å². The smallest absolute Gasteiger partial charge is 0.145 e. The Morgan fingerprint density at radius 2 is 0.784 bits per heavy atom. The highest BCUT2D eigenvalue weighted by Crippen LogP contribution is 2.42. The first kappa shape index (κ1) is 28.0. The first-order chi connectivity index (χ1) is 25.3. The Hall–Kier alpha value is -6.91. The highest BCUT2D eigenvalue weighted by molar-refractivity contribution is 6.28. The summed E-state index contributed by atoms with van der Waals surface area (Å²) in [5.74, 6) is 0. The van der Waals surface area contributed by atoms with Crippen LogP contribution in [0.25, 0.3) is 93.7 Å². The summed E-state index contributed by atoms with van der Waals surface area (Å²) in [5.41, 5.74) is 12.6. The van der Waals surface area contributed by atoms with E-state index in [1.807, 2.05) is 6.20 Å². The summed E-state index contributed by atoms with van der Waals surface area (Å²) in [6.07, 6.45) is 1.90. The van der Waals surface area contributed by atoms with E-state index in [4.69, 9.17) is 4.98 Å². The second-order valence-electron chi connectivity index (χ2n) is 13.2. The van der Waals surface area contributed by atoms with Crippen molar-refractivity contribution in [1.29, 1.82) is 0 Å². The van der Waals surface area contributed by atoms with Gasteiger partial charge >= 0.3 is 0 Å². The van der Waals surface area contributed by atoms with Crippen LogP contribution < -0.4 is 0 Å². The lowest BCUT2D eigenvalue weighted by molar-refractivity contribution is 1.13. The minimum absolute atomic E-state index is 0.952. The van der Waals surface area contributed by atoms with E-state index in [-0.39, 0.29) is 0 Å². The second kappa shape index (κ2) is 10.8. The van der Waals surface area contributed by atoms with Crippen LogP contribution in [-0.4, -0.2) is 18.7 Å². The number of aromatic nitrogens is 4. The zero-order valence-corrected chi connectivity index (χ0v) is 27.6. The molecule has 0 unspecified atom stereocenters. The average Bonchev–Trinajstić information content (AvgIpc) is 3.84. The van der Waals surface area contributed by atoms with Crippen molar-refractivity contribution in [2.24, 2.45) is 0 Å². The van der Waals surface area contributed by atoms with Crippen molar-refractivity contribution in [2.45, 2.75) is 0 Å². The number of fused-ring (bicyclic) bond motifs is 10. The van der Waals surface area contributed by atoms with Crippen LogP contribution in [0.3, 0.4) is 0 Å². The summed E-state index contributed by atoms with van der Waals surface area (Å²) in [7, 11) is 0. The van der Waals surface area contributed by atoms with Crippen LogP contribution in [0.4, 0.5) is 0 Å². The van der Waals surface area contributed by atoms with Crippen molar-refractivity contribution in [3.05, 3.63) is 182 Å². The van der Waals surface area contributed by atoms with Crippen molar-refractivity contribution >= 4 is 65.5 Å². The van der Waals surface area contributed by atoms with Gasteiger partial charge in [0.2, 0.25) is 0 Å². The normalized spacial score (nSPS) is 11.9. The molecule has 0 atom stereocenters. The van der Waals surface area contributed by atoms with Crippen molar-refractivity contribution in [3.63, 3.8) is 0 Å². The summed E-state index contributed by atoms with van der Waals surface area (Å²) >= 11 is 0. The topological polar surface area (TPSA) is 27.7 Å². The molecule has 0 N–H and O–H groups in total. The Labute approximate surface area is 293 Å². The van der Waals surface area contributed by atoms with Crippen molar-refractivity contribution < 1.29 is 0 Å². The Morgan fingerprint density at radius 3 is 1.45 bits per heavy atom. The van der Waals surface area contributed by atoms with Crippen molar-refractivity contribution in [3.8, 4) is 28.2 Å². The number of nitrogens with zero attached hydrogens (tertiary/aromatic N) is 4. The van der Waals surface area contributed by atoms with E-state index >= 15 is 0 Å². The SMILES string of the molecule is c1ccc(-n2c3ccccc3c3c4c5cccnc5n(-c5cccc(-c6cccc(-n7c8ccccc8c8ccccc87)c6)c5)c4ccc32)cc1. The monoisotopic (exact) mass is 650 g/mol. The minimum Gasteiger partial charge on any atom is -0.309 e. The van der Waals surface area contributed by atoms with Gasteiger partial charge in [-0.1, -0.05) is 97.1 Å². The molecule has 51 heavy (non-hydrogen) atoms. The van der Waals surface area contributed by atoms with Crippen LogP contribution >= 0.6 is 0 Å². The third kappa shape index (κ3) is 4.05. The van der Waals surface area contributed by atoms with Crippen molar-refractivity contribution in [2.75, 3.05) is 0 Å². The standard InChI is InChI=1S/C47H30N4/c1-2-15-33(16-3-1)49-42-25-9-6-21-38(42)45-43(49)26-27-44-46(45)39-22-12-28-48-47(39)51(44)35-18-11-14-32(30-35)31-13-10-17-34(29-31)50-40-23-7-4-19-36(40)37-20-5-8-24-41(37)50/h1-30H. The minimum atomic E-state index is 0.952.